The summed E-state index contributed by atoms with van der Waals surface area (Å²) < 4.78 is 43.8. The quantitative estimate of drug-likeness (QED) is 0.608. The fraction of sp³-hybridized carbons (Fsp3) is 0.364. The molecule has 1 amide bonds. The summed E-state index contributed by atoms with van der Waals surface area (Å²) in [4.78, 5) is 26.1. The van der Waals surface area contributed by atoms with Crippen molar-refractivity contribution in [2.75, 3.05) is 27.2 Å². The predicted octanol–water partition coefficient (Wildman–Crippen LogP) is 2.53. The molecule has 0 saturated heterocycles. The lowest BCUT2D eigenvalue weighted by atomic mass is 9.87. The van der Waals surface area contributed by atoms with Crippen LogP contribution in [0.3, 0.4) is 0 Å². The van der Waals surface area contributed by atoms with Crippen molar-refractivity contribution in [3.05, 3.63) is 65.5 Å². The lowest BCUT2D eigenvalue weighted by molar-refractivity contribution is -0.152. The molecule has 1 aliphatic rings. The molecule has 0 spiro atoms. The van der Waals surface area contributed by atoms with Crippen LogP contribution in [0.25, 0.3) is 0 Å². The van der Waals surface area contributed by atoms with Gasteiger partial charge < -0.3 is 9.64 Å². The third-order valence-corrected chi connectivity index (χ3v) is 7.25. The van der Waals surface area contributed by atoms with E-state index in [1.165, 1.54) is 12.6 Å². The number of fused-ring (bicyclic) bond motifs is 1. The van der Waals surface area contributed by atoms with E-state index in [1.807, 2.05) is 18.2 Å². The Labute approximate surface area is 181 Å². The highest BCUT2D eigenvalue weighted by molar-refractivity contribution is 7.89. The molecule has 7 nitrogen and oxygen atoms in total. The molecule has 0 radical (unpaired) electrons. The summed E-state index contributed by atoms with van der Waals surface area (Å²) in [6, 6.07) is 12.2. The van der Waals surface area contributed by atoms with Gasteiger partial charge in [-0.3, -0.25) is 9.59 Å². The molecule has 0 bridgehead atoms. The zero-order valence-corrected chi connectivity index (χ0v) is 18.3. The molecule has 166 valence electrons. The fourth-order valence-electron chi connectivity index (χ4n) is 3.65. The summed E-state index contributed by atoms with van der Waals surface area (Å²) >= 11 is 0. The molecular formula is C22H25FN2O5S. The van der Waals surface area contributed by atoms with Crippen molar-refractivity contribution in [3.8, 4) is 0 Å². The van der Waals surface area contributed by atoms with Crippen LogP contribution in [-0.4, -0.2) is 56.7 Å². The average molecular weight is 449 g/mol. The Kier molecular flexibility index (Phi) is 7.07. The van der Waals surface area contributed by atoms with Gasteiger partial charge in [0.2, 0.25) is 10.0 Å². The molecule has 0 aliphatic heterocycles. The number of rotatable bonds is 7. The minimum atomic E-state index is -3.99. The first kappa shape index (κ1) is 22.9. The van der Waals surface area contributed by atoms with E-state index in [-0.39, 0.29) is 16.8 Å². The summed E-state index contributed by atoms with van der Waals surface area (Å²) in [5, 5.41) is 0. The van der Waals surface area contributed by atoms with E-state index in [0.717, 1.165) is 53.4 Å². The number of likely N-dealkylation sites (N-methyl/N-ethyl adjacent to an activating group) is 2. The number of hydrogen-bond acceptors (Lipinski definition) is 5. The van der Waals surface area contributed by atoms with Crippen LogP contribution in [0.4, 0.5) is 4.39 Å². The number of sulfonamides is 1. The zero-order valence-electron chi connectivity index (χ0n) is 17.5. The molecule has 31 heavy (non-hydrogen) atoms. The molecule has 0 fully saturated rings. The largest absolute Gasteiger partial charge is 0.455 e. The fourth-order valence-corrected chi connectivity index (χ4v) is 4.76. The average Bonchev–Trinajstić information content (AvgIpc) is 2.76. The van der Waals surface area contributed by atoms with Crippen LogP contribution in [0, 0.1) is 5.82 Å². The number of hydrogen-bond donors (Lipinski definition) is 0. The first-order valence-electron chi connectivity index (χ1n) is 9.91. The molecule has 0 saturated carbocycles. The summed E-state index contributed by atoms with van der Waals surface area (Å²) in [5.41, 5.74) is 2.31. The summed E-state index contributed by atoms with van der Waals surface area (Å²) in [7, 11) is -1.10. The molecule has 9 heteroatoms. The third-order valence-electron chi connectivity index (χ3n) is 5.43. The summed E-state index contributed by atoms with van der Waals surface area (Å²) in [6.07, 6.45) is 2.76. The minimum absolute atomic E-state index is 0.0855. The van der Waals surface area contributed by atoms with E-state index in [2.05, 4.69) is 6.07 Å². The van der Waals surface area contributed by atoms with E-state index in [4.69, 9.17) is 4.74 Å². The third kappa shape index (κ3) is 5.29. The van der Waals surface area contributed by atoms with Gasteiger partial charge in [-0.2, -0.15) is 4.31 Å². The second-order valence-electron chi connectivity index (χ2n) is 7.49. The number of halogens is 1. The van der Waals surface area contributed by atoms with Gasteiger partial charge in [-0.1, -0.05) is 24.3 Å². The van der Waals surface area contributed by atoms with E-state index >= 15 is 0 Å². The number of aryl methyl sites for hydroxylation is 1. The highest BCUT2D eigenvalue weighted by Crippen LogP contribution is 2.33. The second-order valence-corrected chi connectivity index (χ2v) is 9.53. The Hall–Kier alpha value is -2.78. The molecule has 1 atom stereocenters. The lowest BCUT2D eigenvalue weighted by Gasteiger charge is -2.33. The van der Waals surface area contributed by atoms with Gasteiger partial charge in [-0.05, 0) is 54.7 Å². The Morgan fingerprint density at radius 2 is 1.77 bits per heavy atom. The number of carbonyl (C=O) groups excluding carboxylic acids is 2. The van der Waals surface area contributed by atoms with Crippen molar-refractivity contribution < 1.29 is 27.1 Å². The zero-order chi connectivity index (χ0) is 22.6. The SMILES string of the molecule is CN(C(=O)COC(=O)CN(C)S(=O)(=O)c1ccc(F)cc1)C1CCCc2ccccc21. The first-order chi connectivity index (χ1) is 14.7. The van der Waals surface area contributed by atoms with Gasteiger partial charge >= 0.3 is 5.97 Å². The second kappa shape index (κ2) is 9.57. The summed E-state index contributed by atoms with van der Waals surface area (Å²) in [5.74, 6) is -1.78. The molecule has 3 rings (SSSR count). The number of carbonyl (C=O) groups is 2. The summed E-state index contributed by atoms with van der Waals surface area (Å²) in [6.45, 7) is -1.04. The molecule has 2 aromatic rings. The Balaban J connectivity index is 1.56. The maximum atomic E-state index is 13.0. The Morgan fingerprint density at radius 3 is 2.48 bits per heavy atom. The van der Waals surface area contributed by atoms with Gasteiger partial charge in [0.05, 0.1) is 10.9 Å². The highest BCUT2D eigenvalue weighted by Gasteiger charge is 2.28. The number of esters is 1. The molecule has 1 unspecified atom stereocenters. The number of benzene rings is 2. The molecule has 1 aliphatic carbocycles. The van der Waals surface area contributed by atoms with Crippen molar-refractivity contribution >= 4 is 21.9 Å². The van der Waals surface area contributed by atoms with Crippen molar-refractivity contribution in [1.29, 1.82) is 0 Å². The number of nitrogens with zero attached hydrogens (tertiary/aromatic N) is 2. The molecule has 0 aromatic heterocycles. The van der Waals surface area contributed by atoms with Crippen LogP contribution in [0.5, 0.6) is 0 Å². The Morgan fingerprint density at radius 1 is 1.10 bits per heavy atom. The van der Waals surface area contributed by atoms with E-state index in [1.54, 1.807) is 11.9 Å². The van der Waals surface area contributed by atoms with Crippen molar-refractivity contribution in [3.63, 3.8) is 0 Å². The van der Waals surface area contributed by atoms with Gasteiger partial charge in [0, 0.05) is 14.1 Å². The first-order valence-corrected chi connectivity index (χ1v) is 11.3. The molecule has 0 heterocycles. The van der Waals surface area contributed by atoms with Crippen LogP contribution in [-0.2, 0) is 30.8 Å². The van der Waals surface area contributed by atoms with Crippen LogP contribution in [0.1, 0.15) is 30.0 Å². The monoisotopic (exact) mass is 448 g/mol. The predicted molar refractivity (Wildman–Crippen MR) is 112 cm³/mol. The molecule has 0 N–H and O–H groups in total. The van der Waals surface area contributed by atoms with Crippen LogP contribution in [0.15, 0.2) is 53.4 Å². The van der Waals surface area contributed by atoms with Crippen molar-refractivity contribution in [1.82, 2.24) is 9.21 Å². The van der Waals surface area contributed by atoms with E-state index in [9.17, 15) is 22.4 Å². The number of ether oxygens (including phenoxy) is 1. The number of amides is 1. The van der Waals surface area contributed by atoms with Crippen molar-refractivity contribution in [2.45, 2.75) is 30.2 Å². The Bertz CT molecular complexity index is 1060. The van der Waals surface area contributed by atoms with E-state index < -0.39 is 35.0 Å². The standard InChI is InChI=1S/C22H25FN2O5S/c1-24(31(28,29)18-12-10-17(23)11-13-18)14-22(27)30-15-21(26)25(2)20-9-5-7-16-6-3-4-8-19(16)20/h3-4,6,8,10-13,20H,5,7,9,14-15H2,1-2H3. The van der Waals surface area contributed by atoms with Crippen LogP contribution >= 0.6 is 0 Å². The topological polar surface area (TPSA) is 84.0 Å². The lowest BCUT2D eigenvalue weighted by Crippen LogP contribution is -2.38. The minimum Gasteiger partial charge on any atom is -0.455 e. The smallest absolute Gasteiger partial charge is 0.321 e. The van der Waals surface area contributed by atoms with Gasteiger partial charge in [0.1, 0.15) is 12.4 Å². The maximum absolute atomic E-state index is 13.0. The maximum Gasteiger partial charge on any atom is 0.321 e. The highest BCUT2D eigenvalue weighted by atomic mass is 32.2. The van der Waals surface area contributed by atoms with Crippen molar-refractivity contribution in [2.24, 2.45) is 0 Å². The van der Waals surface area contributed by atoms with Crippen LogP contribution < -0.4 is 0 Å². The van der Waals surface area contributed by atoms with Crippen LogP contribution in [0.2, 0.25) is 0 Å². The van der Waals surface area contributed by atoms with Gasteiger partial charge in [0.15, 0.2) is 6.61 Å². The normalized spacial score (nSPS) is 15.9. The van der Waals surface area contributed by atoms with Gasteiger partial charge in [-0.25, -0.2) is 12.8 Å². The molecular weight excluding hydrogens is 423 g/mol. The van der Waals surface area contributed by atoms with E-state index in [0.29, 0.717) is 0 Å². The van der Waals surface area contributed by atoms with Gasteiger partial charge in [0.25, 0.3) is 5.91 Å². The molecule has 2 aromatic carbocycles. The van der Waals surface area contributed by atoms with Gasteiger partial charge in [-0.15, -0.1) is 0 Å².